The highest BCUT2D eigenvalue weighted by Gasteiger charge is 2.10. The predicted molar refractivity (Wildman–Crippen MR) is 67.9 cm³/mol. The Morgan fingerprint density at radius 3 is 2.62 bits per heavy atom. The van der Waals surface area contributed by atoms with Crippen LogP contribution in [0.5, 0.6) is 0 Å². The Bertz CT molecular complexity index is 540. The van der Waals surface area contributed by atoms with Gasteiger partial charge in [0, 0.05) is 6.20 Å². The molecule has 6 heteroatoms. The minimum atomic E-state index is 0.378. The molecule has 0 amide bonds. The van der Waals surface area contributed by atoms with Crippen LogP contribution in [0.2, 0.25) is 0 Å². The Balaban J connectivity index is 2.73. The molecule has 0 saturated carbocycles. The largest absolute Gasteiger partial charge is 0.382 e. The average Bonchev–Trinajstić information content (AvgIpc) is 2.26. The van der Waals surface area contributed by atoms with Crippen LogP contribution in [0.25, 0.3) is 11.0 Å². The van der Waals surface area contributed by atoms with E-state index in [1.165, 1.54) is 0 Å². The summed E-state index contributed by atoms with van der Waals surface area (Å²) in [5.41, 5.74) is 13.6. The fourth-order valence-electron chi connectivity index (χ4n) is 1.50. The van der Waals surface area contributed by atoms with Gasteiger partial charge in [0.25, 0.3) is 0 Å². The van der Waals surface area contributed by atoms with Gasteiger partial charge in [-0.1, -0.05) is 13.3 Å². The highest BCUT2D eigenvalue weighted by Crippen LogP contribution is 2.25. The molecule has 0 atom stereocenters. The van der Waals surface area contributed by atoms with Crippen LogP contribution in [0, 0.1) is 0 Å². The van der Waals surface area contributed by atoms with Gasteiger partial charge in [-0.25, -0.2) is 15.0 Å². The lowest BCUT2D eigenvalue weighted by Crippen LogP contribution is -2.04. The summed E-state index contributed by atoms with van der Waals surface area (Å²) < 4.78 is 0.749. The normalized spacial score (nSPS) is 10.9. The summed E-state index contributed by atoms with van der Waals surface area (Å²) in [6, 6.07) is 0. The number of aromatic nitrogens is 3. The van der Waals surface area contributed by atoms with E-state index < -0.39 is 0 Å². The third kappa shape index (κ3) is 1.80. The molecule has 0 aromatic carbocycles. The van der Waals surface area contributed by atoms with Crippen molar-refractivity contribution >= 4 is 38.6 Å². The number of nitrogens with zero attached hydrogens (tertiary/aromatic N) is 3. The third-order valence-corrected chi connectivity index (χ3v) is 2.85. The van der Waals surface area contributed by atoms with E-state index >= 15 is 0 Å². The number of hydrogen-bond donors (Lipinski definition) is 2. The predicted octanol–water partition coefficient (Wildman–Crippen LogP) is 1.90. The Kier molecular flexibility index (Phi) is 2.91. The molecule has 5 nitrogen and oxygen atoms in total. The summed E-state index contributed by atoms with van der Waals surface area (Å²) in [4.78, 5) is 12.7. The van der Waals surface area contributed by atoms with Gasteiger partial charge in [0.1, 0.15) is 16.9 Å². The second kappa shape index (κ2) is 4.21. The summed E-state index contributed by atoms with van der Waals surface area (Å²) in [6.45, 7) is 2.06. The maximum absolute atomic E-state index is 5.84. The molecule has 4 N–H and O–H groups in total. The van der Waals surface area contributed by atoms with Gasteiger partial charge in [-0.3, -0.25) is 0 Å². The molecule has 0 radical (unpaired) electrons. The van der Waals surface area contributed by atoms with Crippen LogP contribution < -0.4 is 11.5 Å². The molecule has 0 fully saturated rings. The molecule has 0 aliphatic carbocycles. The molecule has 0 unspecified atom stereocenters. The lowest BCUT2D eigenvalue weighted by atomic mass is 10.2. The van der Waals surface area contributed by atoms with E-state index in [4.69, 9.17) is 11.5 Å². The molecular weight excluding hydrogens is 270 g/mol. The Labute approximate surface area is 101 Å². The zero-order valence-corrected chi connectivity index (χ0v) is 10.5. The zero-order chi connectivity index (χ0) is 11.7. The van der Waals surface area contributed by atoms with Crippen molar-refractivity contribution in [3.8, 4) is 0 Å². The first-order chi connectivity index (χ1) is 7.63. The van der Waals surface area contributed by atoms with E-state index in [1.54, 1.807) is 6.20 Å². The summed E-state index contributed by atoms with van der Waals surface area (Å²) in [6.07, 6.45) is 3.36. The first-order valence-corrected chi connectivity index (χ1v) is 5.78. The smallest absolute Gasteiger partial charge is 0.151 e. The maximum Gasteiger partial charge on any atom is 0.151 e. The molecule has 84 valence electrons. The zero-order valence-electron chi connectivity index (χ0n) is 8.87. The van der Waals surface area contributed by atoms with Gasteiger partial charge < -0.3 is 11.5 Å². The lowest BCUT2D eigenvalue weighted by molar-refractivity contribution is 0.885. The van der Waals surface area contributed by atoms with E-state index in [9.17, 15) is 0 Å². The van der Waals surface area contributed by atoms with E-state index in [1.807, 2.05) is 0 Å². The summed E-state index contributed by atoms with van der Waals surface area (Å²) in [5, 5.41) is 0. The summed E-state index contributed by atoms with van der Waals surface area (Å²) in [7, 11) is 0. The van der Waals surface area contributed by atoms with Crippen molar-refractivity contribution < 1.29 is 0 Å². The summed E-state index contributed by atoms with van der Waals surface area (Å²) >= 11 is 3.35. The molecule has 16 heavy (non-hydrogen) atoms. The SMILES string of the molecule is CCCc1nc2c(N)ncc(Br)c2nc1N. The van der Waals surface area contributed by atoms with Crippen molar-refractivity contribution in [1.82, 2.24) is 15.0 Å². The van der Waals surface area contributed by atoms with Gasteiger partial charge in [-0.05, 0) is 22.4 Å². The van der Waals surface area contributed by atoms with Crippen LogP contribution in [-0.2, 0) is 6.42 Å². The highest BCUT2D eigenvalue weighted by molar-refractivity contribution is 9.10. The molecule has 2 rings (SSSR count). The fourth-order valence-corrected chi connectivity index (χ4v) is 1.88. The molecule has 0 saturated heterocycles. The number of aryl methyl sites for hydroxylation is 1. The third-order valence-electron chi connectivity index (χ3n) is 2.27. The molecule has 0 spiro atoms. The number of nitrogen functional groups attached to an aromatic ring is 2. The monoisotopic (exact) mass is 281 g/mol. The fraction of sp³-hybridized carbons (Fsp3) is 0.300. The highest BCUT2D eigenvalue weighted by atomic mass is 79.9. The van der Waals surface area contributed by atoms with Crippen LogP contribution in [0.1, 0.15) is 19.0 Å². The minimum absolute atomic E-state index is 0.378. The number of fused-ring (bicyclic) bond motifs is 1. The van der Waals surface area contributed by atoms with Crippen molar-refractivity contribution in [3.63, 3.8) is 0 Å². The van der Waals surface area contributed by atoms with Gasteiger partial charge in [0.15, 0.2) is 5.82 Å². The maximum atomic E-state index is 5.84. The molecule has 2 aromatic rings. The van der Waals surface area contributed by atoms with Gasteiger partial charge in [0.2, 0.25) is 0 Å². The Morgan fingerprint density at radius 2 is 1.94 bits per heavy atom. The summed E-state index contributed by atoms with van der Waals surface area (Å²) in [5.74, 6) is 0.837. The molecule has 2 heterocycles. The number of anilines is 2. The van der Waals surface area contributed by atoms with Crippen molar-refractivity contribution in [2.45, 2.75) is 19.8 Å². The van der Waals surface area contributed by atoms with Crippen molar-refractivity contribution in [1.29, 1.82) is 0 Å². The molecule has 0 aliphatic rings. The number of rotatable bonds is 2. The first kappa shape index (κ1) is 11.1. The number of halogens is 1. The van der Waals surface area contributed by atoms with Crippen LogP contribution in [-0.4, -0.2) is 15.0 Å². The Hall–Kier alpha value is -1.43. The molecule has 0 aliphatic heterocycles. The van der Waals surface area contributed by atoms with E-state index in [0.29, 0.717) is 22.7 Å². The minimum Gasteiger partial charge on any atom is -0.382 e. The van der Waals surface area contributed by atoms with Gasteiger partial charge in [0.05, 0.1) is 10.2 Å². The van der Waals surface area contributed by atoms with Gasteiger partial charge in [-0.2, -0.15) is 0 Å². The molecular formula is C10H12BrN5. The molecule has 2 aromatic heterocycles. The van der Waals surface area contributed by atoms with Gasteiger partial charge >= 0.3 is 0 Å². The topological polar surface area (TPSA) is 90.7 Å². The van der Waals surface area contributed by atoms with Crippen LogP contribution in [0.3, 0.4) is 0 Å². The van der Waals surface area contributed by atoms with Crippen molar-refractivity contribution in [3.05, 3.63) is 16.4 Å². The van der Waals surface area contributed by atoms with E-state index in [0.717, 1.165) is 23.0 Å². The van der Waals surface area contributed by atoms with Crippen molar-refractivity contribution in [2.75, 3.05) is 11.5 Å². The standard InChI is InChI=1S/C10H12BrN5/c1-2-3-6-9(12)16-7-5(11)4-14-10(13)8(7)15-6/h4H,2-3H2,1H3,(H2,12,16)(H2,13,14). The number of pyridine rings is 1. The Morgan fingerprint density at radius 1 is 1.19 bits per heavy atom. The van der Waals surface area contributed by atoms with Crippen LogP contribution >= 0.6 is 15.9 Å². The number of hydrogen-bond acceptors (Lipinski definition) is 5. The average molecular weight is 282 g/mol. The van der Waals surface area contributed by atoms with E-state index in [-0.39, 0.29) is 0 Å². The number of nitrogens with two attached hydrogens (primary N) is 2. The van der Waals surface area contributed by atoms with Crippen molar-refractivity contribution in [2.24, 2.45) is 0 Å². The van der Waals surface area contributed by atoms with Crippen LogP contribution in [0.4, 0.5) is 11.6 Å². The second-order valence-electron chi connectivity index (χ2n) is 3.49. The quantitative estimate of drug-likeness (QED) is 0.877. The second-order valence-corrected chi connectivity index (χ2v) is 4.35. The first-order valence-electron chi connectivity index (χ1n) is 4.99. The van der Waals surface area contributed by atoms with E-state index in [2.05, 4.69) is 37.8 Å². The lowest BCUT2D eigenvalue weighted by Gasteiger charge is -2.07. The molecule has 0 bridgehead atoms. The van der Waals surface area contributed by atoms with Gasteiger partial charge in [-0.15, -0.1) is 0 Å². The van der Waals surface area contributed by atoms with Crippen LogP contribution in [0.15, 0.2) is 10.7 Å².